The molecule has 0 saturated heterocycles. The fraction of sp³-hybridized carbons (Fsp3) is 0.500. The van der Waals surface area contributed by atoms with Crippen molar-refractivity contribution in [3.8, 4) is 0 Å². The van der Waals surface area contributed by atoms with E-state index in [1.54, 1.807) is 0 Å². The van der Waals surface area contributed by atoms with Gasteiger partial charge in [-0.05, 0) is 37.8 Å². The lowest BCUT2D eigenvalue weighted by Gasteiger charge is -2.38. The molecule has 0 amide bonds. The highest BCUT2D eigenvalue weighted by molar-refractivity contribution is 5.91. The molecule has 0 heterocycles. The van der Waals surface area contributed by atoms with Crippen LogP contribution in [0.2, 0.25) is 0 Å². The molecule has 0 radical (unpaired) electrons. The zero-order valence-corrected chi connectivity index (χ0v) is 12.1. The molecular weight excluding hydrogens is 286 g/mol. The molecule has 1 aromatic carbocycles. The number of hydrogen-bond acceptors (Lipinski definition) is 5. The highest BCUT2D eigenvalue weighted by Gasteiger charge is 2.42. The van der Waals surface area contributed by atoms with Gasteiger partial charge in [0.1, 0.15) is 11.9 Å². The quantitative estimate of drug-likeness (QED) is 0.487. The smallest absolute Gasteiger partial charge is 0.338 e. The predicted molar refractivity (Wildman–Crippen MR) is 77.4 cm³/mol. The van der Waals surface area contributed by atoms with Crippen molar-refractivity contribution in [1.82, 2.24) is 0 Å². The summed E-state index contributed by atoms with van der Waals surface area (Å²) in [7, 11) is 0. The second kappa shape index (κ2) is 5.87. The zero-order chi connectivity index (χ0) is 15.7. The Bertz CT molecular complexity index is 609. The number of nitrogens with zero attached hydrogens (tertiary/aromatic N) is 1. The standard InChI is InChI=1S/C16H17NO5/c18-15-10-2-1-3-13(15)14(9-6-10)22-16(19)11-4-7-12(8-5-11)17(20)21/h4-5,7-8,10,13-14H,1-3,6,9H2/t10-,13-,14-/m0/s1. The topological polar surface area (TPSA) is 86.5 Å². The molecule has 0 unspecified atom stereocenters. The molecule has 0 aromatic heterocycles. The van der Waals surface area contributed by atoms with Gasteiger partial charge in [0.15, 0.2) is 0 Å². The number of ketones is 1. The van der Waals surface area contributed by atoms with E-state index in [9.17, 15) is 19.7 Å². The van der Waals surface area contributed by atoms with E-state index in [1.807, 2.05) is 0 Å². The van der Waals surface area contributed by atoms with Crippen LogP contribution in [0.1, 0.15) is 42.5 Å². The molecule has 2 saturated carbocycles. The van der Waals surface area contributed by atoms with E-state index in [0.29, 0.717) is 0 Å². The van der Waals surface area contributed by atoms with Gasteiger partial charge in [0.05, 0.1) is 16.4 Å². The molecule has 0 spiro atoms. The number of nitro benzene ring substituents is 1. The molecule has 3 rings (SSSR count). The Morgan fingerprint density at radius 3 is 2.55 bits per heavy atom. The van der Waals surface area contributed by atoms with E-state index in [-0.39, 0.29) is 35.0 Å². The van der Waals surface area contributed by atoms with Crippen molar-refractivity contribution in [1.29, 1.82) is 0 Å². The molecule has 6 heteroatoms. The summed E-state index contributed by atoms with van der Waals surface area (Å²) in [5.74, 6) is -0.307. The fourth-order valence-electron chi connectivity index (χ4n) is 3.46. The van der Waals surface area contributed by atoms with Gasteiger partial charge in [-0.1, -0.05) is 6.42 Å². The van der Waals surface area contributed by atoms with Crippen LogP contribution in [0.3, 0.4) is 0 Å². The second-order valence-corrected chi connectivity index (χ2v) is 5.96. The molecule has 6 nitrogen and oxygen atoms in total. The van der Waals surface area contributed by atoms with E-state index < -0.39 is 10.9 Å². The monoisotopic (exact) mass is 303 g/mol. The van der Waals surface area contributed by atoms with Crippen LogP contribution in [0, 0.1) is 22.0 Å². The third-order valence-electron chi connectivity index (χ3n) is 4.66. The van der Waals surface area contributed by atoms with Crippen LogP contribution in [0.15, 0.2) is 24.3 Å². The Balaban J connectivity index is 1.68. The van der Waals surface area contributed by atoms with Crippen LogP contribution < -0.4 is 0 Å². The summed E-state index contributed by atoms with van der Waals surface area (Å²) in [4.78, 5) is 34.4. The minimum Gasteiger partial charge on any atom is -0.458 e. The maximum atomic E-state index is 12.2. The third-order valence-corrected chi connectivity index (χ3v) is 4.66. The molecule has 2 fully saturated rings. The van der Waals surface area contributed by atoms with E-state index >= 15 is 0 Å². The van der Waals surface area contributed by atoms with Gasteiger partial charge < -0.3 is 4.74 Å². The van der Waals surface area contributed by atoms with Crippen molar-refractivity contribution in [3.63, 3.8) is 0 Å². The average molecular weight is 303 g/mol. The van der Waals surface area contributed by atoms with Crippen LogP contribution in [0.4, 0.5) is 5.69 Å². The first-order valence-corrected chi connectivity index (χ1v) is 7.55. The lowest BCUT2D eigenvalue weighted by atomic mass is 9.70. The SMILES string of the molecule is O=C(O[C@H]1CC[C@@H]2CCC[C@@H]1C2=O)c1ccc([N+](=O)[O-])cc1. The Morgan fingerprint density at radius 2 is 1.86 bits per heavy atom. The highest BCUT2D eigenvalue weighted by Crippen LogP contribution is 2.38. The zero-order valence-electron chi connectivity index (χ0n) is 12.1. The number of non-ortho nitro benzene ring substituents is 1. The number of hydrogen-bond donors (Lipinski definition) is 0. The minimum atomic E-state index is -0.517. The lowest BCUT2D eigenvalue weighted by Crippen LogP contribution is -2.43. The predicted octanol–water partition coefficient (Wildman–Crippen LogP) is 2.90. The number of ether oxygens (including phenoxy) is 1. The third kappa shape index (κ3) is 2.73. The van der Waals surface area contributed by atoms with Crippen molar-refractivity contribution in [3.05, 3.63) is 39.9 Å². The highest BCUT2D eigenvalue weighted by atomic mass is 16.6. The van der Waals surface area contributed by atoms with Gasteiger partial charge in [0, 0.05) is 18.1 Å². The van der Waals surface area contributed by atoms with Crippen molar-refractivity contribution in [2.75, 3.05) is 0 Å². The van der Waals surface area contributed by atoms with Gasteiger partial charge in [-0.25, -0.2) is 4.79 Å². The van der Waals surface area contributed by atoms with Crippen LogP contribution in [0.5, 0.6) is 0 Å². The molecule has 3 atom stereocenters. The number of carbonyl (C=O) groups is 2. The van der Waals surface area contributed by atoms with E-state index in [2.05, 4.69) is 0 Å². The van der Waals surface area contributed by atoms with Crippen LogP contribution in [0.25, 0.3) is 0 Å². The molecule has 116 valence electrons. The molecular formula is C16H17NO5. The number of carbonyl (C=O) groups excluding carboxylic acids is 2. The van der Waals surface area contributed by atoms with Gasteiger partial charge in [0.2, 0.25) is 0 Å². The molecule has 2 aliphatic carbocycles. The maximum Gasteiger partial charge on any atom is 0.338 e. The van der Waals surface area contributed by atoms with Crippen LogP contribution in [-0.4, -0.2) is 22.8 Å². The fourth-order valence-corrected chi connectivity index (χ4v) is 3.46. The Morgan fingerprint density at radius 1 is 1.14 bits per heavy atom. The lowest BCUT2D eigenvalue weighted by molar-refractivity contribution is -0.384. The summed E-state index contributed by atoms with van der Waals surface area (Å²) in [6.07, 6.45) is 3.90. The summed E-state index contributed by atoms with van der Waals surface area (Å²) in [5, 5.41) is 10.6. The minimum absolute atomic E-state index is 0.0699. The first-order valence-electron chi connectivity index (χ1n) is 7.55. The Hall–Kier alpha value is -2.24. The molecule has 2 bridgehead atoms. The van der Waals surface area contributed by atoms with Gasteiger partial charge in [-0.3, -0.25) is 14.9 Å². The number of nitro groups is 1. The van der Waals surface area contributed by atoms with Crippen molar-refractivity contribution < 1.29 is 19.2 Å². The summed E-state index contributed by atoms with van der Waals surface area (Å²) >= 11 is 0. The molecule has 2 aliphatic rings. The van der Waals surface area contributed by atoms with Crippen molar-refractivity contribution >= 4 is 17.4 Å². The summed E-state index contributed by atoms with van der Waals surface area (Å²) < 4.78 is 5.50. The summed E-state index contributed by atoms with van der Waals surface area (Å²) in [5.41, 5.74) is 0.204. The Labute approximate surface area is 127 Å². The van der Waals surface area contributed by atoms with E-state index in [0.717, 1.165) is 32.1 Å². The molecule has 1 aromatic rings. The maximum absolute atomic E-state index is 12.2. The van der Waals surface area contributed by atoms with E-state index in [4.69, 9.17) is 4.74 Å². The van der Waals surface area contributed by atoms with Crippen molar-refractivity contribution in [2.45, 2.75) is 38.2 Å². The number of benzene rings is 1. The van der Waals surface area contributed by atoms with Gasteiger partial charge in [0.25, 0.3) is 5.69 Å². The normalized spacial score (nSPS) is 27.3. The number of Topliss-reactive ketones (excluding diaryl/α,β-unsaturated/α-hetero) is 1. The van der Waals surface area contributed by atoms with Gasteiger partial charge in [-0.15, -0.1) is 0 Å². The Kier molecular flexibility index (Phi) is 3.92. The second-order valence-electron chi connectivity index (χ2n) is 5.96. The molecule has 0 N–H and O–H groups in total. The number of fused-ring (bicyclic) bond motifs is 2. The van der Waals surface area contributed by atoms with Gasteiger partial charge in [-0.2, -0.15) is 0 Å². The summed E-state index contributed by atoms with van der Waals surface area (Å²) in [6.45, 7) is 0. The van der Waals surface area contributed by atoms with Crippen LogP contribution in [-0.2, 0) is 9.53 Å². The summed E-state index contributed by atoms with van der Waals surface area (Å²) in [6, 6.07) is 5.32. The largest absolute Gasteiger partial charge is 0.458 e. The first kappa shape index (κ1) is 14.7. The van der Waals surface area contributed by atoms with E-state index in [1.165, 1.54) is 24.3 Å². The van der Waals surface area contributed by atoms with Crippen LogP contribution >= 0.6 is 0 Å². The number of esters is 1. The van der Waals surface area contributed by atoms with Gasteiger partial charge >= 0.3 is 5.97 Å². The number of rotatable bonds is 3. The average Bonchev–Trinajstić information content (AvgIpc) is 2.50. The van der Waals surface area contributed by atoms with Crippen molar-refractivity contribution in [2.24, 2.45) is 11.8 Å². The molecule has 22 heavy (non-hydrogen) atoms. The first-order chi connectivity index (χ1) is 10.6. The molecule has 0 aliphatic heterocycles.